The van der Waals surface area contributed by atoms with Gasteiger partial charge in [-0.25, -0.2) is 4.98 Å². The van der Waals surface area contributed by atoms with E-state index >= 15 is 0 Å². The number of hydrogen-bond donors (Lipinski definition) is 1. The lowest BCUT2D eigenvalue weighted by Gasteiger charge is -2.36. The Bertz CT molecular complexity index is 3230. The van der Waals surface area contributed by atoms with Crippen LogP contribution in [0, 0.1) is 5.92 Å². The van der Waals surface area contributed by atoms with E-state index in [1.54, 1.807) is 5.57 Å². The number of hydrogen-bond acceptors (Lipinski definition) is 3. The zero-order valence-corrected chi connectivity index (χ0v) is 39.3. The van der Waals surface area contributed by atoms with Gasteiger partial charge in [-0.3, -0.25) is 4.98 Å². The number of nitrogens with one attached hydrogen (secondary N) is 1. The summed E-state index contributed by atoms with van der Waals surface area (Å²) in [5.74, 6) is 0.258. The number of anilines is 1. The SMILES string of the molecule is CC/C=C\C(C)C1=C(C2=C(CC)CCC=C2)c2ccccc2NC1c1ccc(C2=C/C3=C/C=C/C(c4cnc5c(ccc6ccc(-c7ccccc7)nc65)c4)=C\C=C(CC)\C=C/C(=C2)C3)cc1. The third-order valence-electron chi connectivity index (χ3n) is 13.8. The molecule has 3 nitrogen and oxygen atoms in total. The molecule has 1 aliphatic heterocycles. The van der Waals surface area contributed by atoms with E-state index in [9.17, 15) is 0 Å². The number of para-hydroxylation sites is 1. The number of rotatable bonds is 10. The van der Waals surface area contributed by atoms with Crippen LogP contribution < -0.4 is 5.32 Å². The predicted molar refractivity (Wildman–Crippen MR) is 286 cm³/mol. The quantitative estimate of drug-likeness (QED) is 0.110. The molecule has 2 aromatic heterocycles. The molecule has 4 aromatic carbocycles. The van der Waals surface area contributed by atoms with Gasteiger partial charge >= 0.3 is 0 Å². The monoisotopic (exact) mass is 869 g/mol. The summed E-state index contributed by atoms with van der Waals surface area (Å²) in [5.41, 5.74) is 22.0. The molecule has 0 amide bonds. The van der Waals surface area contributed by atoms with Gasteiger partial charge < -0.3 is 5.32 Å². The Kier molecular flexibility index (Phi) is 12.7. The lowest BCUT2D eigenvalue weighted by Crippen LogP contribution is -2.24. The largest absolute Gasteiger partial charge is 0.374 e. The summed E-state index contributed by atoms with van der Waals surface area (Å²) in [6, 6.07) is 39.5. The van der Waals surface area contributed by atoms with Gasteiger partial charge in [-0.1, -0.05) is 203 Å². The standard InChI is InChI=1S/C64H59N3/c1-5-8-17-43(4)60-61(56-23-13-12-19-47(56)7-3)57-24-14-15-25-59(57)67-62(60)51-32-30-49(31-33-51)54-39-45-18-16-22-48(29-28-44(6-2)26-27-46(38-45)40-54)55-41-53-35-34-52-36-37-58(50-20-10-9-11-21-50)66-64(52)63(53)65-42-55/h8-11,13-18,20-37,39-43,62,67H,5-7,12,19,38H2,1-4H3/b17-8-,18-16?,22-16+,27-26-,29-28?,44-26?,44-28+,45-18+,46-27?,48-22?,48-29+. The first-order valence-electron chi connectivity index (χ1n) is 24.4. The second-order valence-electron chi connectivity index (χ2n) is 18.2. The number of nitrogens with zero attached hydrogens (tertiary/aromatic N) is 2. The van der Waals surface area contributed by atoms with Crippen molar-refractivity contribution in [3.05, 3.63) is 250 Å². The van der Waals surface area contributed by atoms with Gasteiger partial charge in [0, 0.05) is 39.3 Å². The predicted octanol–water partition coefficient (Wildman–Crippen LogP) is 17.2. The molecule has 6 aromatic rings. The molecular formula is C64H59N3. The first kappa shape index (κ1) is 43.5. The fourth-order valence-corrected chi connectivity index (χ4v) is 10.2. The molecule has 0 saturated heterocycles. The molecule has 0 saturated carbocycles. The Hall–Kier alpha value is -7.36. The Morgan fingerprint density at radius 1 is 0.701 bits per heavy atom. The molecule has 10 rings (SSSR count). The van der Waals surface area contributed by atoms with Gasteiger partial charge in [0.25, 0.3) is 0 Å². The zero-order chi connectivity index (χ0) is 45.7. The second kappa shape index (κ2) is 19.6. The summed E-state index contributed by atoms with van der Waals surface area (Å²) in [7, 11) is 0. The highest BCUT2D eigenvalue weighted by molar-refractivity contribution is 6.04. The lowest BCUT2D eigenvalue weighted by atomic mass is 9.75. The number of aromatic nitrogens is 2. The molecule has 67 heavy (non-hydrogen) atoms. The second-order valence-corrected chi connectivity index (χ2v) is 18.2. The van der Waals surface area contributed by atoms with Crippen LogP contribution in [0.4, 0.5) is 5.69 Å². The van der Waals surface area contributed by atoms with E-state index in [0.29, 0.717) is 0 Å². The molecule has 4 aliphatic rings. The molecule has 3 aliphatic carbocycles. The van der Waals surface area contributed by atoms with Crippen molar-refractivity contribution in [1.82, 2.24) is 9.97 Å². The highest BCUT2D eigenvalue weighted by Crippen LogP contribution is 2.49. The molecule has 2 atom stereocenters. The molecule has 0 radical (unpaired) electrons. The van der Waals surface area contributed by atoms with Crippen LogP contribution in [0.15, 0.2) is 228 Å². The smallest absolute Gasteiger partial charge is 0.0972 e. The Balaban J connectivity index is 0.985. The lowest BCUT2D eigenvalue weighted by molar-refractivity contribution is 0.740. The van der Waals surface area contributed by atoms with E-state index in [1.165, 1.54) is 61.4 Å². The van der Waals surface area contributed by atoms with Gasteiger partial charge in [0.1, 0.15) is 0 Å². The van der Waals surface area contributed by atoms with Crippen molar-refractivity contribution in [2.24, 2.45) is 5.92 Å². The fourth-order valence-electron chi connectivity index (χ4n) is 10.2. The van der Waals surface area contributed by atoms with Crippen molar-refractivity contribution in [1.29, 1.82) is 0 Å². The zero-order valence-electron chi connectivity index (χ0n) is 39.3. The van der Waals surface area contributed by atoms with Crippen LogP contribution in [-0.2, 0) is 0 Å². The molecule has 1 N–H and O–H groups in total. The number of fused-ring (bicyclic) bond motifs is 6. The third-order valence-corrected chi connectivity index (χ3v) is 13.8. The molecule has 3 heteroatoms. The Labute approximate surface area is 397 Å². The van der Waals surface area contributed by atoms with E-state index in [0.717, 1.165) is 82.7 Å². The van der Waals surface area contributed by atoms with Crippen LogP contribution in [0.5, 0.6) is 0 Å². The van der Waals surface area contributed by atoms with Gasteiger partial charge in [0.2, 0.25) is 0 Å². The van der Waals surface area contributed by atoms with Gasteiger partial charge in [-0.05, 0) is 118 Å². The minimum atomic E-state index is 0.0414. The van der Waals surface area contributed by atoms with Gasteiger partial charge in [-0.2, -0.15) is 0 Å². The molecule has 0 fully saturated rings. The molecule has 2 bridgehead atoms. The summed E-state index contributed by atoms with van der Waals surface area (Å²) in [5, 5.41) is 6.20. The van der Waals surface area contributed by atoms with E-state index in [4.69, 9.17) is 9.97 Å². The van der Waals surface area contributed by atoms with Crippen LogP contribution in [0.25, 0.3) is 49.8 Å². The van der Waals surface area contributed by atoms with Gasteiger partial charge in [-0.15, -0.1) is 0 Å². The van der Waals surface area contributed by atoms with Crippen molar-refractivity contribution < 1.29 is 0 Å². The fraction of sp³-hybridized carbons (Fsp3) is 0.188. The topological polar surface area (TPSA) is 37.8 Å². The van der Waals surface area contributed by atoms with E-state index < -0.39 is 0 Å². The number of allylic oxidation sites excluding steroid dienone is 21. The van der Waals surface area contributed by atoms with Crippen molar-refractivity contribution in [3.63, 3.8) is 0 Å². The molecule has 330 valence electrons. The first-order chi connectivity index (χ1) is 33.0. The number of benzene rings is 4. The summed E-state index contributed by atoms with van der Waals surface area (Å²) < 4.78 is 0. The molecular weight excluding hydrogens is 811 g/mol. The normalized spacial score (nSPS) is 21.1. The average molecular weight is 870 g/mol. The van der Waals surface area contributed by atoms with Crippen molar-refractivity contribution >= 4 is 44.2 Å². The molecule has 0 spiro atoms. The number of pyridine rings is 2. The highest BCUT2D eigenvalue weighted by atomic mass is 14.9. The van der Waals surface area contributed by atoms with E-state index in [-0.39, 0.29) is 12.0 Å². The average Bonchev–Trinajstić information content (AvgIpc) is 3.38. The van der Waals surface area contributed by atoms with Crippen LogP contribution in [0.3, 0.4) is 0 Å². The van der Waals surface area contributed by atoms with Crippen molar-refractivity contribution in [2.45, 2.75) is 72.3 Å². The summed E-state index contributed by atoms with van der Waals surface area (Å²) in [6.07, 6.45) is 38.2. The van der Waals surface area contributed by atoms with Crippen molar-refractivity contribution in [2.75, 3.05) is 5.32 Å². The maximum atomic E-state index is 5.10. The van der Waals surface area contributed by atoms with Crippen molar-refractivity contribution in [3.8, 4) is 11.3 Å². The van der Waals surface area contributed by atoms with Crippen LogP contribution in [-0.4, -0.2) is 9.97 Å². The maximum absolute atomic E-state index is 5.10. The first-order valence-corrected chi connectivity index (χ1v) is 24.4. The highest BCUT2D eigenvalue weighted by Gasteiger charge is 2.32. The van der Waals surface area contributed by atoms with E-state index in [2.05, 4.69) is 215 Å². The Morgan fingerprint density at radius 2 is 1.52 bits per heavy atom. The maximum Gasteiger partial charge on any atom is 0.0972 e. The summed E-state index contributed by atoms with van der Waals surface area (Å²) in [4.78, 5) is 10.2. The van der Waals surface area contributed by atoms with Crippen LogP contribution in [0.1, 0.15) is 94.5 Å². The molecule has 3 heterocycles. The summed E-state index contributed by atoms with van der Waals surface area (Å²) in [6.45, 7) is 9.15. The minimum Gasteiger partial charge on any atom is -0.374 e. The molecule has 2 unspecified atom stereocenters. The Morgan fingerprint density at radius 3 is 2.36 bits per heavy atom. The third kappa shape index (κ3) is 9.12. The van der Waals surface area contributed by atoms with Gasteiger partial charge in [0.15, 0.2) is 0 Å². The van der Waals surface area contributed by atoms with Crippen LogP contribution in [0.2, 0.25) is 0 Å². The summed E-state index contributed by atoms with van der Waals surface area (Å²) >= 11 is 0. The van der Waals surface area contributed by atoms with E-state index in [1.807, 2.05) is 12.3 Å². The van der Waals surface area contributed by atoms with Gasteiger partial charge in [0.05, 0.1) is 22.8 Å². The minimum absolute atomic E-state index is 0.0414. The van der Waals surface area contributed by atoms with Crippen LogP contribution >= 0.6 is 0 Å².